The minimum absolute atomic E-state index is 0.0446. The highest BCUT2D eigenvalue weighted by Crippen LogP contribution is 2.17. The lowest BCUT2D eigenvalue weighted by Crippen LogP contribution is -2.57. The van der Waals surface area contributed by atoms with Gasteiger partial charge in [-0.3, -0.25) is 14.4 Å². The van der Waals surface area contributed by atoms with Crippen LogP contribution in [-0.4, -0.2) is 63.9 Å². The Morgan fingerprint density at radius 3 is 2.63 bits per heavy atom. The summed E-state index contributed by atoms with van der Waals surface area (Å²) in [4.78, 5) is 37.6. The predicted octanol–water partition coefficient (Wildman–Crippen LogP) is -0.898. The zero-order valence-corrected chi connectivity index (χ0v) is 15.4. The van der Waals surface area contributed by atoms with E-state index in [4.69, 9.17) is 6.42 Å². The summed E-state index contributed by atoms with van der Waals surface area (Å²) in [6.07, 6.45) is 4.77. The molecule has 1 fully saturated rings. The van der Waals surface area contributed by atoms with Gasteiger partial charge in [-0.05, 0) is 24.3 Å². The highest BCUT2D eigenvalue weighted by molar-refractivity contribution is 7.89. The first-order valence-electron chi connectivity index (χ1n) is 7.99. The molecule has 0 bridgehead atoms. The molecule has 0 saturated carbocycles. The third kappa shape index (κ3) is 4.84. The van der Waals surface area contributed by atoms with E-state index in [1.165, 1.54) is 36.3 Å². The van der Waals surface area contributed by atoms with E-state index in [-0.39, 0.29) is 36.5 Å². The van der Waals surface area contributed by atoms with Crippen LogP contribution < -0.4 is 10.0 Å². The molecule has 144 valence electrons. The highest BCUT2D eigenvalue weighted by Gasteiger charge is 2.35. The van der Waals surface area contributed by atoms with Crippen LogP contribution in [0.4, 0.5) is 0 Å². The van der Waals surface area contributed by atoms with E-state index < -0.39 is 33.8 Å². The number of nitrogens with zero attached hydrogens (tertiary/aromatic N) is 1. The Kier molecular flexibility index (Phi) is 6.55. The molecule has 1 aliphatic rings. The Morgan fingerprint density at radius 2 is 2.04 bits per heavy atom. The van der Waals surface area contributed by atoms with Gasteiger partial charge in [-0.15, -0.1) is 6.42 Å². The lowest BCUT2D eigenvalue weighted by Gasteiger charge is -2.34. The van der Waals surface area contributed by atoms with Gasteiger partial charge in [0.15, 0.2) is 0 Å². The van der Waals surface area contributed by atoms with Gasteiger partial charge < -0.3 is 15.0 Å². The molecule has 1 aromatic carbocycles. The number of sulfonamides is 1. The number of piperazine rings is 1. The van der Waals surface area contributed by atoms with Crippen molar-refractivity contribution in [2.45, 2.75) is 17.4 Å². The van der Waals surface area contributed by atoms with Gasteiger partial charge in [0.2, 0.25) is 15.9 Å². The second kappa shape index (κ2) is 8.66. The number of terminal acetylenes is 1. The van der Waals surface area contributed by atoms with E-state index in [1.807, 2.05) is 0 Å². The predicted molar refractivity (Wildman–Crippen MR) is 94.9 cm³/mol. The summed E-state index contributed by atoms with van der Waals surface area (Å²) in [5.41, 5.74) is 0.190. The molecule has 9 nitrogen and oxygen atoms in total. The van der Waals surface area contributed by atoms with Crippen molar-refractivity contribution in [2.75, 3.05) is 26.7 Å². The molecule has 0 spiro atoms. The number of ether oxygens (including phenoxy) is 1. The third-order valence-electron chi connectivity index (χ3n) is 3.96. The summed E-state index contributed by atoms with van der Waals surface area (Å²) in [6, 6.07) is 4.24. The van der Waals surface area contributed by atoms with Crippen molar-refractivity contribution < 1.29 is 27.5 Å². The first kappa shape index (κ1) is 20.4. The van der Waals surface area contributed by atoms with Crippen molar-refractivity contribution in [3.8, 4) is 12.3 Å². The third-order valence-corrected chi connectivity index (χ3v) is 5.37. The molecule has 2 rings (SSSR count). The molecule has 1 unspecified atom stereocenters. The average molecular weight is 393 g/mol. The molecule has 1 saturated heterocycles. The number of amides is 2. The normalized spacial score (nSPS) is 17.0. The SMILES string of the molecule is C#CCNS(=O)(=O)c1ccc(C(=O)N2CCNC(=O)C2CC(=O)OC)cc1. The topological polar surface area (TPSA) is 122 Å². The number of rotatable bonds is 6. The molecule has 0 aliphatic carbocycles. The molecule has 1 aliphatic heterocycles. The molecule has 2 amide bonds. The van der Waals surface area contributed by atoms with Crippen LogP contribution in [0.3, 0.4) is 0 Å². The first-order valence-corrected chi connectivity index (χ1v) is 9.47. The standard InChI is InChI=1S/C17H19N3O6S/c1-3-8-19-27(24,25)13-6-4-12(5-7-13)17(23)20-10-9-18-16(22)14(20)11-15(21)26-2/h1,4-7,14,19H,8-11H2,2H3,(H,18,22). The minimum Gasteiger partial charge on any atom is -0.469 e. The monoisotopic (exact) mass is 393 g/mol. The molecule has 1 atom stereocenters. The lowest BCUT2D eigenvalue weighted by molar-refractivity contribution is -0.145. The minimum atomic E-state index is -3.77. The second-order valence-electron chi connectivity index (χ2n) is 5.64. The van der Waals surface area contributed by atoms with Gasteiger partial charge in [-0.25, -0.2) is 8.42 Å². The molecule has 1 heterocycles. The zero-order chi connectivity index (χ0) is 20.0. The Labute approximate surface area is 157 Å². The summed E-state index contributed by atoms with van der Waals surface area (Å²) < 4.78 is 30.8. The van der Waals surface area contributed by atoms with Crippen molar-refractivity contribution in [1.29, 1.82) is 0 Å². The molecule has 0 radical (unpaired) electrons. The van der Waals surface area contributed by atoms with Gasteiger partial charge in [0.25, 0.3) is 5.91 Å². The van der Waals surface area contributed by atoms with Crippen LogP contribution >= 0.6 is 0 Å². The van der Waals surface area contributed by atoms with Crippen LogP contribution in [0, 0.1) is 12.3 Å². The summed E-state index contributed by atoms with van der Waals surface area (Å²) in [6.45, 7) is 0.321. The number of carbonyl (C=O) groups excluding carboxylic acids is 3. The number of esters is 1. The van der Waals surface area contributed by atoms with Gasteiger partial charge in [0.05, 0.1) is 25.0 Å². The van der Waals surface area contributed by atoms with Crippen molar-refractivity contribution in [1.82, 2.24) is 14.9 Å². The highest BCUT2D eigenvalue weighted by atomic mass is 32.2. The van der Waals surface area contributed by atoms with Gasteiger partial charge in [-0.1, -0.05) is 5.92 Å². The van der Waals surface area contributed by atoms with Crippen LogP contribution in [0.5, 0.6) is 0 Å². The average Bonchev–Trinajstić information content (AvgIpc) is 2.67. The molecule has 0 aromatic heterocycles. The molecule has 10 heteroatoms. The number of hydrogen-bond donors (Lipinski definition) is 2. The molecule has 27 heavy (non-hydrogen) atoms. The number of nitrogens with one attached hydrogen (secondary N) is 2. The van der Waals surface area contributed by atoms with E-state index in [1.54, 1.807) is 0 Å². The quantitative estimate of drug-likeness (QED) is 0.477. The lowest BCUT2D eigenvalue weighted by atomic mass is 10.1. The Morgan fingerprint density at radius 1 is 1.37 bits per heavy atom. The van der Waals surface area contributed by atoms with Crippen LogP contribution in [-0.2, 0) is 24.3 Å². The maximum Gasteiger partial charge on any atom is 0.308 e. The van der Waals surface area contributed by atoms with Gasteiger partial charge in [-0.2, -0.15) is 4.72 Å². The molecular formula is C17H19N3O6S. The molecular weight excluding hydrogens is 374 g/mol. The fourth-order valence-electron chi connectivity index (χ4n) is 2.56. The zero-order valence-electron chi connectivity index (χ0n) is 14.6. The number of methoxy groups -OCH3 is 1. The number of benzene rings is 1. The van der Waals surface area contributed by atoms with Crippen molar-refractivity contribution in [3.05, 3.63) is 29.8 Å². The van der Waals surface area contributed by atoms with Crippen LogP contribution in [0.2, 0.25) is 0 Å². The summed E-state index contributed by atoms with van der Waals surface area (Å²) in [7, 11) is -2.57. The molecule has 2 N–H and O–H groups in total. The second-order valence-corrected chi connectivity index (χ2v) is 7.41. The van der Waals surface area contributed by atoms with Crippen LogP contribution in [0.1, 0.15) is 16.8 Å². The number of hydrogen-bond acceptors (Lipinski definition) is 6. The maximum atomic E-state index is 12.8. The summed E-state index contributed by atoms with van der Waals surface area (Å²) >= 11 is 0. The Balaban J connectivity index is 2.21. The van der Waals surface area contributed by atoms with E-state index in [9.17, 15) is 22.8 Å². The fourth-order valence-corrected chi connectivity index (χ4v) is 3.50. The van der Waals surface area contributed by atoms with Crippen molar-refractivity contribution in [3.63, 3.8) is 0 Å². The fraction of sp³-hybridized carbons (Fsp3) is 0.353. The van der Waals surface area contributed by atoms with E-state index in [0.717, 1.165) is 0 Å². The van der Waals surface area contributed by atoms with E-state index >= 15 is 0 Å². The van der Waals surface area contributed by atoms with Gasteiger partial charge >= 0.3 is 5.97 Å². The number of carbonyl (C=O) groups is 3. The smallest absolute Gasteiger partial charge is 0.308 e. The van der Waals surface area contributed by atoms with E-state index in [0.29, 0.717) is 0 Å². The first-order chi connectivity index (χ1) is 12.8. The van der Waals surface area contributed by atoms with Crippen molar-refractivity contribution in [2.24, 2.45) is 0 Å². The van der Waals surface area contributed by atoms with Crippen LogP contribution in [0.25, 0.3) is 0 Å². The maximum absolute atomic E-state index is 12.8. The molecule has 1 aromatic rings. The Bertz CT molecular complexity index is 873. The summed E-state index contributed by atoms with van der Waals surface area (Å²) in [5, 5.41) is 2.60. The summed E-state index contributed by atoms with van der Waals surface area (Å²) in [5.74, 6) is 0.621. The van der Waals surface area contributed by atoms with Gasteiger partial charge in [0, 0.05) is 18.7 Å². The van der Waals surface area contributed by atoms with E-state index in [2.05, 4.69) is 20.7 Å². The van der Waals surface area contributed by atoms with Crippen molar-refractivity contribution >= 4 is 27.8 Å². The van der Waals surface area contributed by atoms with Gasteiger partial charge in [0.1, 0.15) is 6.04 Å². The Hall–Kier alpha value is -2.90. The largest absolute Gasteiger partial charge is 0.469 e. The van der Waals surface area contributed by atoms with Crippen LogP contribution in [0.15, 0.2) is 29.2 Å².